The van der Waals surface area contributed by atoms with Crippen LogP contribution < -0.4 is 5.56 Å². The SMILES string of the molecule is Cc1nc2c(c(=O)[nH]1)C(=O)OC2(C)C. The highest BCUT2D eigenvalue weighted by molar-refractivity contribution is 5.93. The zero-order valence-electron chi connectivity index (χ0n) is 8.17. The van der Waals surface area contributed by atoms with E-state index in [-0.39, 0.29) is 5.56 Å². The van der Waals surface area contributed by atoms with Gasteiger partial charge in [0.05, 0.1) is 0 Å². The van der Waals surface area contributed by atoms with Gasteiger partial charge in [-0.1, -0.05) is 0 Å². The molecule has 2 rings (SSSR count). The monoisotopic (exact) mass is 194 g/mol. The van der Waals surface area contributed by atoms with Crippen molar-refractivity contribution in [2.24, 2.45) is 0 Å². The van der Waals surface area contributed by atoms with Crippen molar-refractivity contribution >= 4 is 5.97 Å². The fraction of sp³-hybridized carbons (Fsp3) is 0.444. The number of ether oxygens (including phenoxy) is 1. The fourth-order valence-corrected chi connectivity index (χ4v) is 1.54. The summed E-state index contributed by atoms with van der Waals surface area (Å²) in [6, 6.07) is 0. The molecular weight excluding hydrogens is 184 g/mol. The van der Waals surface area contributed by atoms with Crippen LogP contribution in [0.15, 0.2) is 4.79 Å². The summed E-state index contributed by atoms with van der Waals surface area (Å²) in [5.74, 6) is -0.112. The van der Waals surface area contributed by atoms with Crippen molar-refractivity contribution in [1.29, 1.82) is 0 Å². The molecule has 1 aromatic rings. The fourth-order valence-electron chi connectivity index (χ4n) is 1.54. The van der Waals surface area contributed by atoms with Crippen molar-refractivity contribution in [3.63, 3.8) is 0 Å². The molecular formula is C9H10N2O3. The van der Waals surface area contributed by atoms with Crippen molar-refractivity contribution in [3.8, 4) is 0 Å². The lowest BCUT2D eigenvalue weighted by Crippen LogP contribution is -2.21. The third-order valence-corrected chi connectivity index (χ3v) is 2.16. The van der Waals surface area contributed by atoms with Crippen LogP contribution in [0.3, 0.4) is 0 Å². The maximum absolute atomic E-state index is 11.4. The predicted octanol–water partition coefficient (Wildman–Crippen LogP) is 0.484. The van der Waals surface area contributed by atoms with E-state index in [0.717, 1.165) is 0 Å². The Morgan fingerprint density at radius 1 is 1.36 bits per heavy atom. The molecule has 0 atom stereocenters. The number of fused-ring (bicyclic) bond motifs is 1. The highest BCUT2D eigenvalue weighted by Crippen LogP contribution is 2.31. The van der Waals surface area contributed by atoms with E-state index in [9.17, 15) is 9.59 Å². The minimum Gasteiger partial charge on any atom is -0.449 e. The average molecular weight is 194 g/mol. The Labute approximate surface area is 80.1 Å². The second kappa shape index (κ2) is 2.43. The first-order chi connectivity index (χ1) is 6.42. The van der Waals surface area contributed by atoms with E-state index in [1.54, 1.807) is 20.8 Å². The number of H-pyrrole nitrogens is 1. The molecule has 1 aliphatic heterocycles. The number of hydrogen-bond acceptors (Lipinski definition) is 4. The third kappa shape index (κ3) is 1.05. The van der Waals surface area contributed by atoms with Gasteiger partial charge in [0, 0.05) is 0 Å². The Morgan fingerprint density at radius 2 is 2.00 bits per heavy atom. The number of nitrogens with one attached hydrogen (secondary N) is 1. The molecule has 1 aliphatic rings. The van der Waals surface area contributed by atoms with Crippen LogP contribution in [-0.4, -0.2) is 15.9 Å². The van der Waals surface area contributed by atoms with Gasteiger partial charge in [-0.15, -0.1) is 0 Å². The summed E-state index contributed by atoms with van der Waals surface area (Å²) in [5, 5.41) is 0. The minimum atomic E-state index is -0.800. The summed E-state index contributed by atoms with van der Waals surface area (Å²) in [6.45, 7) is 5.09. The standard InChI is InChI=1S/C9H10N2O3/c1-4-10-6-5(7(12)11-4)8(13)14-9(6,2)3/h1-3H3,(H,10,11,12). The molecule has 0 saturated heterocycles. The van der Waals surface area contributed by atoms with Crippen molar-refractivity contribution < 1.29 is 9.53 Å². The summed E-state index contributed by atoms with van der Waals surface area (Å²) < 4.78 is 5.03. The molecule has 1 N–H and O–H groups in total. The summed E-state index contributed by atoms with van der Waals surface area (Å²) in [4.78, 5) is 29.4. The van der Waals surface area contributed by atoms with Crippen molar-refractivity contribution in [2.75, 3.05) is 0 Å². The lowest BCUT2D eigenvalue weighted by Gasteiger charge is -2.15. The molecule has 5 nitrogen and oxygen atoms in total. The lowest BCUT2D eigenvalue weighted by molar-refractivity contribution is 0.00825. The van der Waals surface area contributed by atoms with E-state index in [2.05, 4.69) is 9.97 Å². The zero-order valence-corrected chi connectivity index (χ0v) is 8.17. The van der Waals surface area contributed by atoms with Gasteiger partial charge in [-0.05, 0) is 20.8 Å². The number of rotatable bonds is 0. The number of nitrogens with zero attached hydrogens (tertiary/aromatic N) is 1. The molecule has 1 aromatic heterocycles. The van der Waals surface area contributed by atoms with Crippen LogP contribution in [0.4, 0.5) is 0 Å². The van der Waals surface area contributed by atoms with Crippen LogP contribution in [-0.2, 0) is 10.3 Å². The Hall–Kier alpha value is -1.65. The van der Waals surface area contributed by atoms with E-state index in [4.69, 9.17) is 4.74 Å². The predicted molar refractivity (Wildman–Crippen MR) is 48.0 cm³/mol. The second-order valence-corrected chi connectivity index (χ2v) is 3.77. The molecule has 0 amide bonds. The molecule has 0 saturated carbocycles. The lowest BCUT2D eigenvalue weighted by atomic mass is 10.0. The molecule has 0 radical (unpaired) electrons. The van der Waals surface area contributed by atoms with Gasteiger partial charge in [0.1, 0.15) is 17.1 Å². The van der Waals surface area contributed by atoms with Gasteiger partial charge in [0.2, 0.25) is 0 Å². The van der Waals surface area contributed by atoms with Crippen LogP contribution in [0, 0.1) is 6.92 Å². The molecule has 0 bridgehead atoms. The third-order valence-electron chi connectivity index (χ3n) is 2.16. The van der Waals surface area contributed by atoms with Crippen LogP contribution in [0.5, 0.6) is 0 Å². The first kappa shape index (κ1) is 8.93. The number of carbonyl (C=O) groups is 1. The molecule has 0 aromatic carbocycles. The van der Waals surface area contributed by atoms with E-state index in [1.807, 2.05) is 0 Å². The quantitative estimate of drug-likeness (QED) is 0.610. The number of cyclic esters (lactones) is 1. The average Bonchev–Trinajstić information content (AvgIpc) is 2.21. The maximum atomic E-state index is 11.4. The number of aromatic nitrogens is 2. The van der Waals surface area contributed by atoms with Crippen LogP contribution in [0.1, 0.15) is 35.7 Å². The number of carbonyl (C=O) groups excluding carboxylic acids is 1. The van der Waals surface area contributed by atoms with Gasteiger partial charge in [-0.2, -0.15) is 0 Å². The topological polar surface area (TPSA) is 72.0 Å². The number of hydrogen-bond donors (Lipinski definition) is 1. The highest BCUT2D eigenvalue weighted by atomic mass is 16.6. The van der Waals surface area contributed by atoms with Crippen LogP contribution in [0.2, 0.25) is 0 Å². The molecule has 0 unspecified atom stereocenters. The maximum Gasteiger partial charge on any atom is 0.346 e. The summed E-state index contributed by atoms with van der Waals surface area (Å²) in [6.07, 6.45) is 0. The largest absolute Gasteiger partial charge is 0.449 e. The van der Waals surface area contributed by atoms with Crippen LogP contribution in [0.25, 0.3) is 0 Å². The smallest absolute Gasteiger partial charge is 0.346 e. The zero-order chi connectivity index (χ0) is 10.5. The van der Waals surface area contributed by atoms with E-state index < -0.39 is 17.1 Å². The molecule has 0 aliphatic carbocycles. The number of esters is 1. The molecule has 2 heterocycles. The minimum absolute atomic E-state index is 0.0283. The Kier molecular flexibility index (Phi) is 1.55. The van der Waals surface area contributed by atoms with E-state index in [1.165, 1.54) is 0 Å². The first-order valence-electron chi connectivity index (χ1n) is 4.26. The first-order valence-corrected chi connectivity index (χ1v) is 4.26. The summed E-state index contributed by atoms with van der Waals surface area (Å²) >= 11 is 0. The summed E-state index contributed by atoms with van der Waals surface area (Å²) in [5.41, 5.74) is -0.779. The Morgan fingerprint density at radius 3 is 2.64 bits per heavy atom. The normalized spacial score (nSPS) is 17.8. The molecule has 5 heteroatoms. The van der Waals surface area contributed by atoms with Gasteiger partial charge in [-0.25, -0.2) is 9.78 Å². The van der Waals surface area contributed by atoms with E-state index >= 15 is 0 Å². The van der Waals surface area contributed by atoms with Gasteiger partial charge in [0.25, 0.3) is 5.56 Å². The molecule has 14 heavy (non-hydrogen) atoms. The Balaban J connectivity index is 2.82. The molecule has 0 fully saturated rings. The van der Waals surface area contributed by atoms with Gasteiger partial charge in [-0.3, -0.25) is 4.79 Å². The van der Waals surface area contributed by atoms with Gasteiger partial charge in [0.15, 0.2) is 5.56 Å². The highest BCUT2D eigenvalue weighted by Gasteiger charge is 2.41. The van der Waals surface area contributed by atoms with Crippen molar-refractivity contribution in [2.45, 2.75) is 26.4 Å². The number of aromatic amines is 1. The second-order valence-electron chi connectivity index (χ2n) is 3.77. The molecule has 0 spiro atoms. The van der Waals surface area contributed by atoms with E-state index in [0.29, 0.717) is 11.5 Å². The molecule has 74 valence electrons. The van der Waals surface area contributed by atoms with Crippen LogP contribution >= 0.6 is 0 Å². The number of aryl methyl sites for hydroxylation is 1. The van der Waals surface area contributed by atoms with Crippen molar-refractivity contribution in [1.82, 2.24) is 9.97 Å². The van der Waals surface area contributed by atoms with Gasteiger partial charge >= 0.3 is 5.97 Å². The van der Waals surface area contributed by atoms with Gasteiger partial charge < -0.3 is 9.72 Å². The van der Waals surface area contributed by atoms with Crippen molar-refractivity contribution in [3.05, 3.63) is 27.4 Å². The summed E-state index contributed by atoms with van der Waals surface area (Å²) in [7, 11) is 0. The Bertz CT molecular complexity index is 473.